The van der Waals surface area contributed by atoms with Crippen molar-refractivity contribution in [3.05, 3.63) is 44.5 Å². The minimum Gasteiger partial charge on any atom is -0.446 e. The molecule has 0 unspecified atom stereocenters. The number of hydrogen-bond donors (Lipinski definition) is 2. The van der Waals surface area contributed by atoms with E-state index >= 15 is 0 Å². The van der Waals surface area contributed by atoms with Crippen molar-refractivity contribution < 1.29 is 12.8 Å². The molecule has 2 aromatic rings. The van der Waals surface area contributed by atoms with Crippen molar-refractivity contribution in [2.75, 3.05) is 4.72 Å². The van der Waals surface area contributed by atoms with Gasteiger partial charge in [-0.1, -0.05) is 23.2 Å². The molecule has 0 bridgehead atoms. The molecule has 2 rings (SSSR count). The van der Waals surface area contributed by atoms with E-state index in [0.717, 1.165) is 0 Å². The summed E-state index contributed by atoms with van der Waals surface area (Å²) < 4.78 is 32.2. The van der Waals surface area contributed by atoms with Gasteiger partial charge in [0.2, 0.25) is 5.09 Å². The average Bonchev–Trinajstić information content (AvgIpc) is 2.89. The number of benzene rings is 1. The van der Waals surface area contributed by atoms with Gasteiger partial charge in [0.15, 0.2) is 0 Å². The second-order valence-electron chi connectivity index (χ2n) is 3.75. The Hall–Kier alpha value is -0.730. The van der Waals surface area contributed by atoms with Crippen LogP contribution in [-0.4, -0.2) is 8.42 Å². The topological polar surface area (TPSA) is 85.3 Å². The standard InChI is InChI=1S/C11H9BrCl2N2O3S/c12-7-2-3-8(11(14)10(7)13)16-20(17,18)9-4-1-6(5-15)19-9/h1-4,16H,5,15H2. The zero-order valence-electron chi connectivity index (χ0n) is 9.86. The number of hydrogen-bond acceptors (Lipinski definition) is 4. The van der Waals surface area contributed by atoms with Gasteiger partial charge >= 0.3 is 0 Å². The van der Waals surface area contributed by atoms with Gasteiger partial charge in [0, 0.05) is 4.47 Å². The van der Waals surface area contributed by atoms with Gasteiger partial charge < -0.3 is 10.2 Å². The predicted molar refractivity (Wildman–Crippen MR) is 81.6 cm³/mol. The first-order valence-electron chi connectivity index (χ1n) is 5.30. The maximum Gasteiger partial charge on any atom is 0.295 e. The van der Waals surface area contributed by atoms with E-state index in [1.165, 1.54) is 18.2 Å². The monoisotopic (exact) mass is 398 g/mol. The van der Waals surface area contributed by atoms with Crippen LogP contribution in [0.1, 0.15) is 5.76 Å². The second kappa shape index (κ2) is 5.95. The van der Waals surface area contributed by atoms with Crippen LogP contribution in [0.3, 0.4) is 0 Å². The van der Waals surface area contributed by atoms with Crippen LogP contribution in [0.25, 0.3) is 0 Å². The number of furan rings is 1. The number of anilines is 1. The normalized spacial score (nSPS) is 11.6. The summed E-state index contributed by atoms with van der Waals surface area (Å²) in [6.45, 7) is 0.111. The molecule has 3 N–H and O–H groups in total. The molecule has 0 amide bonds. The summed E-state index contributed by atoms with van der Waals surface area (Å²) in [4.78, 5) is 0. The van der Waals surface area contributed by atoms with Crippen molar-refractivity contribution in [3.8, 4) is 0 Å². The van der Waals surface area contributed by atoms with E-state index in [1.54, 1.807) is 6.07 Å². The van der Waals surface area contributed by atoms with Crippen molar-refractivity contribution in [2.45, 2.75) is 11.6 Å². The highest BCUT2D eigenvalue weighted by Crippen LogP contribution is 2.36. The molecule has 0 saturated carbocycles. The summed E-state index contributed by atoms with van der Waals surface area (Å²) in [5.41, 5.74) is 5.52. The Morgan fingerprint density at radius 3 is 2.50 bits per heavy atom. The molecule has 1 aromatic heterocycles. The minimum absolute atomic E-state index is 0.0928. The maximum absolute atomic E-state index is 12.1. The number of halogens is 3. The van der Waals surface area contributed by atoms with Crippen LogP contribution < -0.4 is 10.5 Å². The van der Waals surface area contributed by atoms with E-state index in [1.807, 2.05) is 0 Å². The average molecular weight is 400 g/mol. The lowest BCUT2D eigenvalue weighted by Crippen LogP contribution is -2.12. The third-order valence-electron chi connectivity index (χ3n) is 2.38. The number of nitrogens with one attached hydrogen (secondary N) is 1. The zero-order chi connectivity index (χ0) is 14.9. The molecule has 108 valence electrons. The molecule has 5 nitrogen and oxygen atoms in total. The fraction of sp³-hybridized carbons (Fsp3) is 0.0909. The van der Waals surface area contributed by atoms with Gasteiger partial charge in [-0.05, 0) is 40.2 Å². The largest absolute Gasteiger partial charge is 0.446 e. The van der Waals surface area contributed by atoms with E-state index < -0.39 is 10.0 Å². The fourth-order valence-corrected chi connectivity index (χ4v) is 3.31. The Morgan fingerprint density at radius 1 is 1.20 bits per heavy atom. The Balaban J connectivity index is 2.36. The molecular weight excluding hydrogens is 391 g/mol. The molecule has 0 radical (unpaired) electrons. The molecule has 0 aliphatic rings. The summed E-state index contributed by atoms with van der Waals surface area (Å²) in [5.74, 6) is 0.366. The van der Waals surface area contributed by atoms with E-state index in [-0.39, 0.29) is 27.4 Å². The van der Waals surface area contributed by atoms with Gasteiger partial charge in [0.25, 0.3) is 10.0 Å². The summed E-state index contributed by atoms with van der Waals surface area (Å²) in [6.07, 6.45) is 0. The maximum atomic E-state index is 12.1. The lowest BCUT2D eigenvalue weighted by atomic mass is 10.3. The summed E-state index contributed by atoms with van der Waals surface area (Å²) in [6, 6.07) is 5.88. The van der Waals surface area contributed by atoms with Crippen molar-refractivity contribution in [1.82, 2.24) is 0 Å². The first-order chi connectivity index (χ1) is 9.35. The molecule has 0 atom stereocenters. The van der Waals surface area contributed by atoms with E-state index in [4.69, 9.17) is 33.4 Å². The highest BCUT2D eigenvalue weighted by molar-refractivity contribution is 9.10. The molecule has 0 spiro atoms. The molecular formula is C11H9BrCl2N2O3S. The lowest BCUT2D eigenvalue weighted by molar-refractivity contribution is 0.417. The minimum atomic E-state index is -3.89. The van der Waals surface area contributed by atoms with Gasteiger partial charge in [0.05, 0.1) is 22.3 Å². The van der Waals surface area contributed by atoms with E-state index in [0.29, 0.717) is 10.2 Å². The molecule has 0 saturated heterocycles. The fourth-order valence-electron chi connectivity index (χ4n) is 1.41. The predicted octanol–water partition coefficient (Wildman–Crippen LogP) is 3.61. The summed E-state index contributed by atoms with van der Waals surface area (Å²) in [7, 11) is -3.89. The van der Waals surface area contributed by atoms with Gasteiger partial charge in [-0.25, -0.2) is 0 Å². The third-order valence-corrected chi connectivity index (χ3v) is 5.39. The van der Waals surface area contributed by atoms with Crippen molar-refractivity contribution in [1.29, 1.82) is 0 Å². The quantitative estimate of drug-likeness (QED) is 0.769. The molecule has 1 heterocycles. The molecule has 20 heavy (non-hydrogen) atoms. The summed E-state index contributed by atoms with van der Waals surface area (Å²) in [5, 5.41) is 0.0669. The van der Waals surface area contributed by atoms with E-state index in [2.05, 4.69) is 20.7 Å². The first kappa shape index (κ1) is 15.7. The van der Waals surface area contributed by atoms with Crippen LogP contribution >= 0.6 is 39.1 Å². The molecule has 0 aliphatic carbocycles. The van der Waals surface area contributed by atoms with Crippen LogP contribution in [0.4, 0.5) is 5.69 Å². The molecule has 0 aliphatic heterocycles. The van der Waals surface area contributed by atoms with Gasteiger partial charge in [-0.15, -0.1) is 0 Å². The van der Waals surface area contributed by atoms with Gasteiger partial charge in [0.1, 0.15) is 5.76 Å². The summed E-state index contributed by atoms with van der Waals surface area (Å²) >= 11 is 15.1. The van der Waals surface area contributed by atoms with Crippen LogP contribution in [0.5, 0.6) is 0 Å². The molecule has 0 fully saturated rings. The highest BCUT2D eigenvalue weighted by Gasteiger charge is 2.21. The van der Waals surface area contributed by atoms with Crippen LogP contribution in [0, 0.1) is 0 Å². The first-order valence-corrected chi connectivity index (χ1v) is 8.33. The van der Waals surface area contributed by atoms with Crippen LogP contribution in [-0.2, 0) is 16.6 Å². The van der Waals surface area contributed by atoms with Crippen molar-refractivity contribution >= 4 is 54.8 Å². The van der Waals surface area contributed by atoms with Gasteiger partial charge in [-0.2, -0.15) is 8.42 Å². The molecule has 9 heteroatoms. The Bertz CT molecular complexity index is 746. The Morgan fingerprint density at radius 2 is 1.90 bits per heavy atom. The number of rotatable bonds is 4. The number of nitrogens with two attached hydrogens (primary N) is 1. The van der Waals surface area contributed by atoms with Crippen molar-refractivity contribution in [2.24, 2.45) is 5.73 Å². The molecule has 1 aromatic carbocycles. The second-order valence-corrected chi connectivity index (χ2v) is 6.98. The third kappa shape index (κ3) is 3.12. The zero-order valence-corrected chi connectivity index (χ0v) is 13.8. The smallest absolute Gasteiger partial charge is 0.295 e. The van der Waals surface area contributed by atoms with E-state index in [9.17, 15) is 8.42 Å². The van der Waals surface area contributed by atoms with Crippen molar-refractivity contribution in [3.63, 3.8) is 0 Å². The van der Waals surface area contributed by atoms with Crippen LogP contribution in [0.15, 0.2) is 38.2 Å². The highest BCUT2D eigenvalue weighted by atomic mass is 79.9. The lowest BCUT2D eigenvalue weighted by Gasteiger charge is -2.09. The SMILES string of the molecule is NCc1ccc(S(=O)(=O)Nc2ccc(Br)c(Cl)c2Cl)o1. The Labute approximate surface area is 134 Å². The number of sulfonamides is 1. The Kier molecular flexibility index (Phi) is 4.66. The van der Waals surface area contributed by atoms with Gasteiger partial charge in [-0.3, -0.25) is 4.72 Å². The van der Waals surface area contributed by atoms with Crippen LogP contribution in [0.2, 0.25) is 10.0 Å².